The van der Waals surface area contributed by atoms with E-state index < -0.39 is 0 Å². The van der Waals surface area contributed by atoms with Crippen molar-refractivity contribution >= 4 is 17.3 Å². The third-order valence-corrected chi connectivity index (χ3v) is 3.13. The molecule has 1 aromatic carbocycles. The minimum Gasteiger partial charge on any atom is -0.370 e. The molecule has 1 N–H and O–H groups in total. The van der Waals surface area contributed by atoms with Gasteiger partial charge < -0.3 is 10.2 Å². The van der Waals surface area contributed by atoms with Gasteiger partial charge in [-0.05, 0) is 25.0 Å². The molecule has 1 aromatic rings. The van der Waals surface area contributed by atoms with Gasteiger partial charge in [-0.2, -0.15) is 0 Å². The van der Waals surface area contributed by atoms with E-state index in [2.05, 4.69) is 16.3 Å². The predicted octanol–water partition coefficient (Wildman–Crippen LogP) is 2.88. The highest BCUT2D eigenvalue weighted by atomic mass is 16.1. The van der Waals surface area contributed by atoms with Crippen molar-refractivity contribution in [2.45, 2.75) is 26.7 Å². The van der Waals surface area contributed by atoms with E-state index in [0.717, 1.165) is 24.5 Å². The molecule has 1 aliphatic heterocycles. The van der Waals surface area contributed by atoms with Crippen molar-refractivity contribution in [3.8, 4) is 0 Å². The normalized spacial score (nSPS) is 15.4. The number of anilines is 2. The van der Waals surface area contributed by atoms with Gasteiger partial charge in [0.05, 0.1) is 11.4 Å². The maximum Gasteiger partial charge on any atom is 0.226 e. The lowest BCUT2D eigenvalue weighted by Crippen LogP contribution is -2.23. The lowest BCUT2D eigenvalue weighted by molar-refractivity contribution is -0.118. The van der Waals surface area contributed by atoms with Crippen molar-refractivity contribution in [2.75, 3.05) is 23.3 Å². The Labute approximate surface area is 103 Å². The van der Waals surface area contributed by atoms with E-state index in [1.807, 2.05) is 32.0 Å². The number of carbonyl (C=O) groups is 1. The summed E-state index contributed by atoms with van der Waals surface area (Å²) in [6, 6.07) is 8.06. The Morgan fingerprint density at radius 1 is 1.24 bits per heavy atom. The molecule has 0 saturated carbocycles. The summed E-state index contributed by atoms with van der Waals surface area (Å²) in [7, 11) is 0. The van der Waals surface area contributed by atoms with Crippen molar-refractivity contribution in [3.05, 3.63) is 24.3 Å². The van der Waals surface area contributed by atoms with Gasteiger partial charge in [0.15, 0.2) is 0 Å². The number of rotatable bonds is 3. The highest BCUT2D eigenvalue weighted by Gasteiger charge is 2.17. The number of hydrogen-bond acceptors (Lipinski definition) is 2. The molecular formula is C14H20N2O. The fraction of sp³-hybridized carbons (Fsp3) is 0.500. The fourth-order valence-electron chi connectivity index (χ4n) is 2.09. The van der Waals surface area contributed by atoms with Crippen LogP contribution in [-0.4, -0.2) is 19.0 Å². The van der Waals surface area contributed by atoms with Crippen LogP contribution in [0.15, 0.2) is 24.3 Å². The van der Waals surface area contributed by atoms with Gasteiger partial charge in [0.25, 0.3) is 0 Å². The molecule has 1 fully saturated rings. The lowest BCUT2D eigenvalue weighted by atomic mass is 10.2. The van der Waals surface area contributed by atoms with Crippen LogP contribution in [0.1, 0.15) is 26.7 Å². The molecule has 0 aliphatic carbocycles. The number of para-hydroxylation sites is 2. The standard InChI is InChI=1S/C14H20N2O/c1-11(2)14(17)15-12-7-3-4-8-13(12)16-9-5-6-10-16/h3-4,7-8,11H,5-6,9-10H2,1-2H3,(H,15,17). The zero-order valence-corrected chi connectivity index (χ0v) is 10.6. The van der Waals surface area contributed by atoms with Crippen LogP contribution in [0.5, 0.6) is 0 Å². The summed E-state index contributed by atoms with van der Waals surface area (Å²) in [5.74, 6) is 0.0956. The molecule has 0 unspecified atom stereocenters. The fourth-order valence-corrected chi connectivity index (χ4v) is 2.09. The van der Waals surface area contributed by atoms with E-state index >= 15 is 0 Å². The Kier molecular flexibility index (Phi) is 3.67. The van der Waals surface area contributed by atoms with Crippen LogP contribution in [-0.2, 0) is 4.79 Å². The summed E-state index contributed by atoms with van der Waals surface area (Å²) in [5, 5.41) is 3.01. The van der Waals surface area contributed by atoms with Crippen LogP contribution in [0, 0.1) is 5.92 Å². The van der Waals surface area contributed by atoms with Gasteiger partial charge in [-0.3, -0.25) is 4.79 Å². The highest BCUT2D eigenvalue weighted by molar-refractivity contribution is 5.95. The van der Waals surface area contributed by atoms with Crippen LogP contribution in [0.4, 0.5) is 11.4 Å². The van der Waals surface area contributed by atoms with E-state index in [4.69, 9.17) is 0 Å². The average Bonchev–Trinajstić information content (AvgIpc) is 2.83. The molecule has 3 nitrogen and oxygen atoms in total. The monoisotopic (exact) mass is 232 g/mol. The number of carbonyl (C=O) groups excluding carboxylic acids is 1. The number of nitrogens with one attached hydrogen (secondary N) is 1. The molecule has 3 heteroatoms. The van der Waals surface area contributed by atoms with E-state index in [0.29, 0.717) is 0 Å². The molecule has 2 rings (SSSR count). The largest absolute Gasteiger partial charge is 0.370 e. The number of benzene rings is 1. The minimum absolute atomic E-state index is 0.0154. The summed E-state index contributed by atoms with van der Waals surface area (Å²) < 4.78 is 0. The summed E-state index contributed by atoms with van der Waals surface area (Å²) in [4.78, 5) is 14.1. The van der Waals surface area contributed by atoms with Crippen LogP contribution in [0.3, 0.4) is 0 Å². The van der Waals surface area contributed by atoms with Crippen LogP contribution in [0.25, 0.3) is 0 Å². The third kappa shape index (κ3) is 2.78. The lowest BCUT2D eigenvalue weighted by Gasteiger charge is -2.21. The van der Waals surface area contributed by atoms with Gasteiger partial charge in [0.1, 0.15) is 0 Å². The van der Waals surface area contributed by atoms with Gasteiger partial charge in [0, 0.05) is 19.0 Å². The van der Waals surface area contributed by atoms with E-state index in [1.165, 1.54) is 12.8 Å². The van der Waals surface area contributed by atoms with Crippen LogP contribution in [0.2, 0.25) is 0 Å². The van der Waals surface area contributed by atoms with Gasteiger partial charge in [-0.15, -0.1) is 0 Å². The zero-order valence-electron chi connectivity index (χ0n) is 10.6. The molecule has 1 amide bonds. The van der Waals surface area contributed by atoms with Crippen molar-refractivity contribution in [1.29, 1.82) is 0 Å². The van der Waals surface area contributed by atoms with Crippen LogP contribution >= 0.6 is 0 Å². The topological polar surface area (TPSA) is 32.3 Å². The SMILES string of the molecule is CC(C)C(=O)Nc1ccccc1N1CCCC1. The van der Waals surface area contributed by atoms with Gasteiger partial charge in [0.2, 0.25) is 5.91 Å². The second kappa shape index (κ2) is 5.21. The first-order valence-corrected chi connectivity index (χ1v) is 6.33. The Morgan fingerprint density at radius 2 is 1.88 bits per heavy atom. The van der Waals surface area contributed by atoms with E-state index in [-0.39, 0.29) is 11.8 Å². The van der Waals surface area contributed by atoms with Gasteiger partial charge >= 0.3 is 0 Å². The summed E-state index contributed by atoms with van der Waals surface area (Å²) >= 11 is 0. The minimum atomic E-state index is 0.0154. The first-order valence-electron chi connectivity index (χ1n) is 6.33. The molecule has 17 heavy (non-hydrogen) atoms. The van der Waals surface area contributed by atoms with E-state index in [1.54, 1.807) is 0 Å². The molecule has 0 radical (unpaired) electrons. The van der Waals surface area contributed by atoms with Gasteiger partial charge in [-0.1, -0.05) is 26.0 Å². The maximum absolute atomic E-state index is 11.7. The predicted molar refractivity (Wildman–Crippen MR) is 71.4 cm³/mol. The molecular weight excluding hydrogens is 212 g/mol. The van der Waals surface area contributed by atoms with Gasteiger partial charge in [-0.25, -0.2) is 0 Å². The second-order valence-corrected chi connectivity index (χ2v) is 4.86. The zero-order chi connectivity index (χ0) is 12.3. The summed E-state index contributed by atoms with van der Waals surface area (Å²) in [5.41, 5.74) is 2.09. The quantitative estimate of drug-likeness (QED) is 0.869. The first kappa shape index (κ1) is 12.0. The maximum atomic E-state index is 11.7. The third-order valence-electron chi connectivity index (χ3n) is 3.13. The number of nitrogens with zero attached hydrogens (tertiary/aromatic N) is 1. The molecule has 0 bridgehead atoms. The highest BCUT2D eigenvalue weighted by Crippen LogP contribution is 2.28. The molecule has 92 valence electrons. The van der Waals surface area contributed by atoms with Crippen LogP contribution < -0.4 is 10.2 Å². The summed E-state index contributed by atoms with van der Waals surface area (Å²) in [6.07, 6.45) is 2.49. The molecule has 1 heterocycles. The molecule has 0 atom stereocenters. The Morgan fingerprint density at radius 3 is 2.53 bits per heavy atom. The smallest absolute Gasteiger partial charge is 0.226 e. The Balaban J connectivity index is 2.18. The molecule has 0 spiro atoms. The van der Waals surface area contributed by atoms with Crippen molar-refractivity contribution in [2.24, 2.45) is 5.92 Å². The second-order valence-electron chi connectivity index (χ2n) is 4.86. The van der Waals surface area contributed by atoms with Crippen molar-refractivity contribution in [1.82, 2.24) is 0 Å². The molecule has 0 aromatic heterocycles. The van der Waals surface area contributed by atoms with Crippen molar-refractivity contribution < 1.29 is 4.79 Å². The molecule has 1 saturated heterocycles. The average molecular weight is 232 g/mol. The van der Waals surface area contributed by atoms with Crippen molar-refractivity contribution in [3.63, 3.8) is 0 Å². The Bertz CT molecular complexity index is 395. The summed E-state index contributed by atoms with van der Waals surface area (Å²) in [6.45, 7) is 6.00. The first-order chi connectivity index (χ1) is 8.18. The number of amides is 1. The number of hydrogen-bond donors (Lipinski definition) is 1. The van der Waals surface area contributed by atoms with E-state index in [9.17, 15) is 4.79 Å². The Hall–Kier alpha value is -1.51. The molecule has 1 aliphatic rings.